The van der Waals surface area contributed by atoms with E-state index in [2.05, 4.69) is 0 Å². The number of nitrogens with zero attached hydrogens (tertiary/aromatic N) is 2. The summed E-state index contributed by atoms with van der Waals surface area (Å²) in [6.45, 7) is 0.680. The largest absolute Gasteiger partial charge is 0.465 e. The first-order chi connectivity index (χ1) is 5.95. The normalized spacial score (nSPS) is 9.38. The summed E-state index contributed by atoms with van der Waals surface area (Å²) in [4.78, 5) is 22.9. The molecule has 0 saturated carbocycles. The Kier molecular flexibility index (Phi) is 4.64. The molecule has 0 aliphatic carbocycles. The van der Waals surface area contributed by atoms with E-state index in [4.69, 9.17) is 10.2 Å². The van der Waals surface area contributed by atoms with Gasteiger partial charge in [0.05, 0.1) is 0 Å². The average Bonchev–Trinajstić information content (AvgIpc) is 2.03. The summed E-state index contributed by atoms with van der Waals surface area (Å²) < 4.78 is 0. The van der Waals surface area contributed by atoms with Crippen molar-refractivity contribution in [2.75, 3.05) is 27.2 Å². The second kappa shape index (κ2) is 5.23. The third-order valence-corrected chi connectivity index (χ3v) is 1.64. The van der Waals surface area contributed by atoms with E-state index in [1.165, 1.54) is 14.1 Å². The highest BCUT2D eigenvalue weighted by Crippen LogP contribution is 1.91. The van der Waals surface area contributed by atoms with Gasteiger partial charge in [-0.25, -0.2) is 9.59 Å². The molecule has 0 spiro atoms. The molecule has 6 heteroatoms. The van der Waals surface area contributed by atoms with E-state index < -0.39 is 12.2 Å². The zero-order chi connectivity index (χ0) is 10.4. The molecule has 0 heterocycles. The predicted octanol–water partition coefficient (Wildman–Crippen LogP) is 0.596. The van der Waals surface area contributed by atoms with Crippen LogP contribution < -0.4 is 0 Å². The van der Waals surface area contributed by atoms with Gasteiger partial charge in [-0.2, -0.15) is 0 Å². The Balaban J connectivity index is 3.56. The summed E-state index contributed by atoms with van der Waals surface area (Å²) in [6, 6.07) is 0. The van der Waals surface area contributed by atoms with Crippen molar-refractivity contribution in [3.05, 3.63) is 0 Å². The van der Waals surface area contributed by atoms with Crippen LogP contribution in [0.5, 0.6) is 0 Å². The number of carbonyl (C=O) groups is 2. The Bertz CT molecular complexity index is 175. The van der Waals surface area contributed by atoms with Gasteiger partial charge in [-0.3, -0.25) is 0 Å². The summed E-state index contributed by atoms with van der Waals surface area (Å²) in [5, 5.41) is 16.9. The van der Waals surface area contributed by atoms with Crippen molar-refractivity contribution >= 4 is 12.2 Å². The summed E-state index contributed by atoms with van der Waals surface area (Å²) >= 11 is 0. The SMILES string of the molecule is CN(CCCN(C)C(=O)O)C(=O)O. The summed E-state index contributed by atoms with van der Waals surface area (Å²) in [6.07, 6.45) is -1.50. The van der Waals surface area contributed by atoms with Gasteiger partial charge in [-0.1, -0.05) is 0 Å². The third-order valence-electron chi connectivity index (χ3n) is 1.64. The number of hydrogen-bond acceptors (Lipinski definition) is 2. The van der Waals surface area contributed by atoms with Gasteiger partial charge in [-0.05, 0) is 6.42 Å². The van der Waals surface area contributed by atoms with Crippen molar-refractivity contribution in [1.29, 1.82) is 0 Å². The van der Waals surface area contributed by atoms with E-state index >= 15 is 0 Å². The molecular formula is C7H14N2O4. The molecule has 0 bridgehead atoms. The fourth-order valence-electron chi connectivity index (χ4n) is 0.736. The minimum absolute atomic E-state index is 0.340. The van der Waals surface area contributed by atoms with Crippen LogP contribution in [0.25, 0.3) is 0 Å². The van der Waals surface area contributed by atoms with Crippen LogP contribution in [0.15, 0.2) is 0 Å². The lowest BCUT2D eigenvalue weighted by molar-refractivity contribution is 0.147. The molecule has 0 rings (SSSR count). The van der Waals surface area contributed by atoms with E-state index in [9.17, 15) is 9.59 Å². The molecule has 0 aromatic carbocycles. The van der Waals surface area contributed by atoms with Crippen LogP contribution in [0, 0.1) is 0 Å². The van der Waals surface area contributed by atoms with Crippen molar-refractivity contribution in [1.82, 2.24) is 9.80 Å². The topological polar surface area (TPSA) is 81.1 Å². The smallest absolute Gasteiger partial charge is 0.407 e. The van der Waals surface area contributed by atoms with E-state index in [1.54, 1.807) is 0 Å². The number of hydrogen-bond donors (Lipinski definition) is 2. The Hall–Kier alpha value is -1.46. The van der Waals surface area contributed by atoms with Crippen LogP contribution in [0.4, 0.5) is 9.59 Å². The summed E-state index contributed by atoms with van der Waals surface area (Å²) in [5.74, 6) is 0. The minimum Gasteiger partial charge on any atom is -0.465 e. The summed E-state index contributed by atoms with van der Waals surface area (Å²) in [7, 11) is 2.90. The van der Waals surface area contributed by atoms with Gasteiger partial charge in [0, 0.05) is 27.2 Å². The van der Waals surface area contributed by atoms with Crippen molar-refractivity contribution in [2.45, 2.75) is 6.42 Å². The molecule has 0 saturated heterocycles. The molecule has 0 atom stereocenters. The lowest BCUT2D eigenvalue weighted by Crippen LogP contribution is -2.31. The van der Waals surface area contributed by atoms with Gasteiger partial charge in [0.15, 0.2) is 0 Å². The molecule has 0 aliphatic rings. The molecule has 0 aromatic rings. The monoisotopic (exact) mass is 190 g/mol. The quantitative estimate of drug-likeness (QED) is 0.680. The first kappa shape index (κ1) is 11.5. The van der Waals surface area contributed by atoms with Crippen molar-refractivity contribution in [3.63, 3.8) is 0 Å². The Morgan fingerprint density at radius 2 is 1.31 bits per heavy atom. The minimum atomic E-state index is -1.00. The first-order valence-corrected chi connectivity index (χ1v) is 3.83. The lowest BCUT2D eigenvalue weighted by Gasteiger charge is -2.16. The molecule has 0 aliphatic heterocycles. The zero-order valence-electron chi connectivity index (χ0n) is 7.73. The van der Waals surface area contributed by atoms with E-state index in [1.807, 2.05) is 0 Å². The third kappa shape index (κ3) is 4.89. The van der Waals surface area contributed by atoms with E-state index in [0.717, 1.165) is 9.80 Å². The van der Waals surface area contributed by atoms with Gasteiger partial charge in [0.1, 0.15) is 0 Å². The Labute approximate surface area is 76.4 Å². The average molecular weight is 190 g/mol. The second-order valence-electron chi connectivity index (χ2n) is 2.76. The Morgan fingerprint density at radius 3 is 1.54 bits per heavy atom. The molecule has 76 valence electrons. The maximum atomic E-state index is 10.3. The molecular weight excluding hydrogens is 176 g/mol. The Morgan fingerprint density at radius 1 is 1.00 bits per heavy atom. The molecule has 13 heavy (non-hydrogen) atoms. The van der Waals surface area contributed by atoms with Gasteiger partial charge in [0.2, 0.25) is 0 Å². The van der Waals surface area contributed by atoms with Gasteiger partial charge < -0.3 is 20.0 Å². The van der Waals surface area contributed by atoms with E-state index in [-0.39, 0.29) is 0 Å². The second-order valence-corrected chi connectivity index (χ2v) is 2.76. The zero-order valence-corrected chi connectivity index (χ0v) is 7.73. The fraction of sp³-hybridized carbons (Fsp3) is 0.714. The molecule has 0 aromatic heterocycles. The first-order valence-electron chi connectivity index (χ1n) is 3.83. The maximum absolute atomic E-state index is 10.3. The van der Waals surface area contributed by atoms with Crippen molar-refractivity contribution in [3.8, 4) is 0 Å². The fourth-order valence-corrected chi connectivity index (χ4v) is 0.736. The van der Waals surface area contributed by atoms with Crippen LogP contribution in [0.2, 0.25) is 0 Å². The molecule has 0 radical (unpaired) electrons. The van der Waals surface area contributed by atoms with E-state index in [0.29, 0.717) is 19.5 Å². The molecule has 6 nitrogen and oxygen atoms in total. The predicted molar refractivity (Wildman–Crippen MR) is 45.9 cm³/mol. The van der Waals surface area contributed by atoms with Crippen LogP contribution >= 0.6 is 0 Å². The molecule has 2 amide bonds. The van der Waals surface area contributed by atoms with Crippen LogP contribution in [0.1, 0.15) is 6.42 Å². The van der Waals surface area contributed by atoms with Crippen LogP contribution in [0.3, 0.4) is 0 Å². The highest BCUT2D eigenvalue weighted by atomic mass is 16.4. The highest BCUT2D eigenvalue weighted by molar-refractivity contribution is 5.65. The molecule has 2 N–H and O–H groups in total. The van der Waals surface area contributed by atoms with Gasteiger partial charge >= 0.3 is 12.2 Å². The van der Waals surface area contributed by atoms with Gasteiger partial charge in [0.25, 0.3) is 0 Å². The molecule has 0 fully saturated rings. The molecule has 0 unspecified atom stereocenters. The maximum Gasteiger partial charge on any atom is 0.407 e. The summed E-state index contributed by atoms with van der Waals surface area (Å²) in [5.41, 5.74) is 0. The van der Waals surface area contributed by atoms with Crippen LogP contribution in [-0.4, -0.2) is 59.4 Å². The van der Waals surface area contributed by atoms with Gasteiger partial charge in [-0.15, -0.1) is 0 Å². The van der Waals surface area contributed by atoms with Crippen molar-refractivity contribution < 1.29 is 19.8 Å². The number of rotatable bonds is 4. The van der Waals surface area contributed by atoms with Crippen molar-refractivity contribution in [2.24, 2.45) is 0 Å². The number of amides is 2. The lowest BCUT2D eigenvalue weighted by atomic mass is 10.4. The van der Waals surface area contributed by atoms with Crippen LogP contribution in [-0.2, 0) is 0 Å². The standard InChI is InChI=1S/C7H14N2O4/c1-8(6(10)11)4-3-5-9(2)7(12)13/h3-5H2,1-2H3,(H,10,11)(H,12,13). The number of carboxylic acid groups (broad SMARTS) is 2. The highest BCUT2D eigenvalue weighted by Gasteiger charge is 2.07.